The number of anilines is 2. The third-order valence-electron chi connectivity index (χ3n) is 2.56. The summed E-state index contributed by atoms with van der Waals surface area (Å²) < 4.78 is 39.1. The lowest BCUT2D eigenvalue weighted by Crippen LogP contribution is -2.22. The highest BCUT2D eigenvalue weighted by atomic mass is 35.5. The summed E-state index contributed by atoms with van der Waals surface area (Å²) in [6.45, 7) is -0.311. The van der Waals surface area contributed by atoms with Crippen LogP contribution in [0.2, 0.25) is 5.02 Å². The van der Waals surface area contributed by atoms with E-state index >= 15 is 0 Å². The molecule has 0 aliphatic rings. The molecule has 0 fully saturated rings. The summed E-state index contributed by atoms with van der Waals surface area (Å²) in [4.78, 5) is 11.7. The third kappa shape index (κ3) is 4.13. The number of carbonyl (C=O) groups excluding carboxylic acids is 1. The number of hydrogen-bond donors (Lipinski definition) is 2. The number of hydrogen-bond acceptors (Lipinski definition) is 2. The molecule has 110 valence electrons. The molecule has 0 aliphatic heterocycles. The maximum absolute atomic E-state index is 13.3. The molecule has 3 nitrogen and oxygen atoms in total. The molecule has 0 bridgehead atoms. The SMILES string of the molecule is O=C(CNc1cc(F)c(F)cc1F)Nc1cccc(Cl)c1. The van der Waals surface area contributed by atoms with E-state index in [1.54, 1.807) is 18.2 Å². The molecule has 2 N–H and O–H groups in total. The first-order valence-electron chi connectivity index (χ1n) is 5.89. The van der Waals surface area contributed by atoms with Crippen LogP contribution in [0, 0.1) is 17.5 Å². The first-order valence-corrected chi connectivity index (χ1v) is 6.27. The normalized spacial score (nSPS) is 10.3. The molecule has 2 aromatic carbocycles. The average Bonchev–Trinajstić information content (AvgIpc) is 2.41. The molecule has 0 saturated heterocycles. The summed E-state index contributed by atoms with van der Waals surface area (Å²) in [5, 5.41) is 5.36. The molecule has 0 spiro atoms. The molecular weight excluding hydrogens is 305 g/mol. The van der Waals surface area contributed by atoms with Crippen LogP contribution in [0.5, 0.6) is 0 Å². The quantitative estimate of drug-likeness (QED) is 0.843. The fraction of sp³-hybridized carbons (Fsp3) is 0.0714. The van der Waals surface area contributed by atoms with Gasteiger partial charge in [0.15, 0.2) is 11.6 Å². The predicted octanol–water partition coefficient (Wildman–Crippen LogP) is 3.81. The Labute approximate surface area is 123 Å². The molecule has 0 atom stereocenters. The minimum Gasteiger partial charge on any atom is -0.374 e. The smallest absolute Gasteiger partial charge is 0.243 e. The van der Waals surface area contributed by atoms with Crippen molar-refractivity contribution in [3.8, 4) is 0 Å². The van der Waals surface area contributed by atoms with Crippen LogP contribution < -0.4 is 10.6 Å². The van der Waals surface area contributed by atoms with Crippen molar-refractivity contribution < 1.29 is 18.0 Å². The van der Waals surface area contributed by atoms with Crippen LogP contribution in [0.4, 0.5) is 24.5 Å². The second-order valence-corrected chi connectivity index (χ2v) is 4.59. The number of halogens is 4. The van der Waals surface area contributed by atoms with Gasteiger partial charge >= 0.3 is 0 Å². The fourth-order valence-corrected chi connectivity index (χ4v) is 1.80. The van der Waals surface area contributed by atoms with E-state index in [0.717, 1.165) is 0 Å². The van der Waals surface area contributed by atoms with Crippen molar-refractivity contribution >= 4 is 28.9 Å². The average molecular weight is 315 g/mol. The number of rotatable bonds is 4. The first kappa shape index (κ1) is 15.2. The van der Waals surface area contributed by atoms with Gasteiger partial charge in [-0.25, -0.2) is 13.2 Å². The van der Waals surface area contributed by atoms with Crippen molar-refractivity contribution in [2.45, 2.75) is 0 Å². The van der Waals surface area contributed by atoms with Crippen LogP contribution >= 0.6 is 11.6 Å². The topological polar surface area (TPSA) is 41.1 Å². The van der Waals surface area contributed by atoms with Crippen LogP contribution in [0.25, 0.3) is 0 Å². The highest BCUT2D eigenvalue weighted by Crippen LogP contribution is 2.18. The predicted molar refractivity (Wildman–Crippen MR) is 74.9 cm³/mol. The lowest BCUT2D eigenvalue weighted by atomic mass is 10.2. The van der Waals surface area contributed by atoms with Crippen molar-refractivity contribution in [3.63, 3.8) is 0 Å². The minimum absolute atomic E-state index is 0.296. The van der Waals surface area contributed by atoms with E-state index in [1.807, 2.05) is 0 Å². The number of amides is 1. The second kappa shape index (κ2) is 6.49. The highest BCUT2D eigenvalue weighted by Gasteiger charge is 2.11. The van der Waals surface area contributed by atoms with Crippen molar-refractivity contribution in [1.29, 1.82) is 0 Å². The third-order valence-corrected chi connectivity index (χ3v) is 2.79. The molecular formula is C14H10ClF3N2O. The summed E-state index contributed by atoms with van der Waals surface area (Å²) in [7, 11) is 0. The zero-order valence-electron chi connectivity index (χ0n) is 10.6. The molecule has 1 amide bonds. The van der Waals surface area contributed by atoms with Crippen LogP contribution in [0.3, 0.4) is 0 Å². The maximum Gasteiger partial charge on any atom is 0.243 e. The van der Waals surface area contributed by atoms with Crippen molar-refractivity contribution in [1.82, 2.24) is 0 Å². The lowest BCUT2D eigenvalue weighted by Gasteiger charge is -2.09. The number of nitrogens with one attached hydrogen (secondary N) is 2. The summed E-state index contributed by atoms with van der Waals surface area (Å²) in [5.74, 6) is -3.96. The van der Waals surface area contributed by atoms with Gasteiger partial charge in [-0.2, -0.15) is 0 Å². The Balaban J connectivity index is 1.97. The van der Waals surface area contributed by atoms with Gasteiger partial charge in [0, 0.05) is 22.8 Å². The van der Waals surface area contributed by atoms with Gasteiger partial charge in [0.25, 0.3) is 0 Å². The second-order valence-electron chi connectivity index (χ2n) is 4.16. The fourth-order valence-electron chi connectivity index (χ4n) is 1.60. The van der Waals surface area contributed by atoms with Gasteiger partial charge in [-0.15, -0.1) is 0 Å². The largest absolute Gasteiger partial charge is 0.374 e. The van der Waals surface area contributed by atoms with E-state index in [9.17, 15) is 18.0 Å². The van der Waals surface area contributed by atoms with Gasteiger partial charge in [0.1, 0.15) is 5.82 Å². The van der Waals surface area contributed by atoms with Crippen molar-refractivity contribution in [2.75, 3.05) is 17.2 Å². The summed E-state index contributed by atoms with van der Waals surface area (Å²) in [6, 6.07) is 7.52. The summed E-state index contributed by atoms with van der Waals surface area (Å²) >= 11 is 5.76. The van der Waals surface area contributed by atoms with Gasteiger partial charge in [0.05, 0.1) is 12.2 Å². The Morgan fingerprint density at radius 2 is 1.76 bits per heavy atom. The standard InChI is InChI=1S/C14H10ClF3N2O/c15-8-2-1-3-9(4-8)20-14(21)7-19-13-6-11(17)10(16)5-12(13)18/h1-6,19H,7H2,(H,20,21). The molecule has 0 aromatic heterocycles. The molecule has 0 radical (unpaired) electrons. The van der Waals surface area contributed by atoms with E-state index < -0.39 is 23.4 Å². The highest BCUT2D eigenvalue weighted by molar-refractivity contribution is 6.30. The van der Waals surface area contributed by atoms with E-state index in [4.69, 9.17) is 11.6 Å². The van der Waals surface area contributed by atoms with E-state index in [1.165, 1.54) is 6.07 Å². The Hall–Kier alpha value is -2.21. The van der Waals surface area contributed by atoms with Crippen LogP contribution in [0.15, 0.2) is 36.4 Å². The zero-order valence-corrected chi connectivity index (χ0v) is 11.3. The molecule has 21 heavy (non-hydrogen) atoms. The van der Waals surface area contributed by atoms with Gasteiger partial charge in [-0.1, -0.05) is 17.7 Å². The summed E-state index contributed by atoms with van der Waals surface area (Å²) in [5.41, 5.74) is 0.176. The van der Waals surface area contributed by atoms with Crippen molar-refractivity contribution in [3.05, 3.63) is 58.9 Å². The van der Waals surface area contributed by atoms with Crippen LogP contribution in [-0.2, 0) is 4.79 Å². The molecule has 2 aromatic rings. The van der Waals surface area contributed by atoms with E-state index in [0.29, 0.717) is 22.8 Å². The van der Waals surface area contributed by atoms with Gasteiger partial charge in [0.2, 0.25) is 5.91 Å². The maximum atomic E-state index is 13.3. The van der Waals surface area contributed by atoms with Gasteiger partial charge in [-0.3, -0.25) is 4.79 Å². The molecule has 2 rings (SSSR count). The van der Waals surface area contributed by atoms with Crippen LogP contribution in [-0.4, -0.2) is 12.5 Å². The molecule has 0 aliphatic carbocycles. The van der Waals surface area contributed by atoms with Gasteiger partial charge < -0.3 is 10.6 Å². The molecule has 0 unspecified atom stereocenters. The molecule has 7 heteroatoms. The number of benzene rings is 2. The Bertz CT molecular complexity index is 679. The van der Waals surface area contributed by atoms with E-state index in [-0.39, 0.29) is 12.2 Å². The Kier molecular flexibility index (Phi) is 4.70. The van der Waals surface area contributed by atoms with E-state index in [2.05, 4.69) is 10.6 Å². The zero-order chi connectivity index (χ0) is 15.4. The number of carbonyl (C=O) groups is 1. The van der Waals surface area contributed by atoms with Gasteiger partial charge in [-0.05, 0) is 18.2 Å². The summed E-state index contributed by atoms with van der Waals surface area (Å²) in [6.07, 6.45) is 0. The first-order chi connectivity index (χ1) is 9.95. The molecule has 0 heterocycles. The Morgan fingerprint density at radius 1 is 1.05 bits per heavy atom. The monoisotopic (exact) mass is 314 g/mol. The van der Waals surface area contributed by atoms with Crippen LogP contribution in [0.1, 0.15) is 0 Å². The lowest BCUT2D eigenvalue weighted by molar-refractivity contribution is -0.114. The Morgan fingerprint density at radius 3 is 2.48 bits per heavy atom. The van der Waals surface area contributed by atoms with Crippen molar-refractivity contribution in [2.24, 2.45) is 0 Å². The molecule has 0 saturated carbocycles. The minimum atomic E-state index is -1.29.